The summed E-state index contributed by atoms with van der Waals surface area (Å²) in [7, 11) is -3.71. The Balaban J connectivity index is 1.55. The van der Waals surface area contributed by atoms with Gasteiger partial charge in [-0.25, -0.2) is 8.42 Å². The smallest absolute Gasteiger partial charge is 0.243 e. The highest BCUT2D eigenvalue weighted by molar-refractivity contribution is 7.99. The molecule has 31 heavy (non-hydrogen) atoms. The fourth-order valence-corrected chi connectivity index (χ4v) is 6.26. The van der Waals surface area contributed by atoms with Crippen LogP contribution in [-0.2, 0) is 29.1 Å². The number of nitrogens with one attached hydrogen (secondary N) is 1. The number of sulfonamides is 1. The number of rotatable bonds is 6. The summed E-state index contributed by atoms with van der Waals surface area (Å²) in [5, 5.41) is 2.84. The Morgan fingerprint density at radius 1 is 1.23 bits per heavy atom. The van der Waals surface area contributed by atoms with Gasteiger partial charge in [-0.05, 0) is 31.0 Å². The van der Waals surface area contributed by atoms with Crippen molar-refractivity contribution in [2.24, 2.45) is 0 Å². The number of carbonyl (C=O) groups is 2. The van der Waals surface area contributed by atoms with Crippen LogP contribution in [0.15, 0.2) is 28.0 Å². The molecule has 11 heteroatoms. The first-order chi connectivity index (χ1) is 14.9. The summed E-state index contributed by atoms with van der Waals surface area (Å²) >= 11 is 1.49. The molecule has 0 saturated carbocycles. The van der Waals surface area contributed by atoms with E-state index in [1.54, 1.807) is 12.1 Å². The maximum atomic E-state index is 13.1. The molecule has 2 fully saturated rings. The first-order valence-electron chi connectivity index (χ1n) is 10.5. The molecule has 2 saturated heterocycles. The van der Waals surface area contributed by atoms with Gasteiger partial charge < -0.3 is 19.7 Å². The third-order valence-electron chi connectivity index (χ3n) is 5.56. The third kappa shape index (κ3) is 5.23. The second kappa shape index (κ2) is 9.86. The Kier molecular flexibility index (Phi) is 7.17. The van der Waals surface area contributed by atoms with Crippen molar-refractivity contribution in [3.63, 3.8) is 0 Å². The van der Waals surface area contributed by atoms with Crippen molar-refractivity contribution in [3.8, 4) is 0 Å². The number of thioether (sulfide) groups is 1. The van der Waals surface area contributed by atoms with E-state index in [4.69, 9.17) is 9.47 Å². The number of hydrogen-bond donors (Lipinski definition) is 1. The number of fused-ring (bicyclic) bond motifs is 1. The lowest BCUT2D eigenvalue weighted by molar-refractivity contribution is -0.124. The van der Waals surface area contributed by atoms with Gasteiger partial charge in [-0.15, -0.1) is 11.8 Å². The van der Waals surface area contributed by atoms with E-state index in [0.29, 0.717) is 50.9 Å². The highest BCUT2D eigenvalue weighted by Crippen LogP contribution is 2.36. The summed E-state index contributed by atoms with van der Waals surface area (Å²) in [6.45, 7) is 2.26. The zero-order chi connectivity index (χ0) is 21.8. The lowest BCUT2D eigenvalue weighted by Crippen LogP contribution is -2.43. The van der Waals surface area contributed by atoms with Gasteiger partial charge in [-0.2, -0.15) is 4.31 Å². The molecule has 3 heterocycles. The molecular formula is C20H27N3O6S2. The van der Waals surface area contributed by atoms with Gasteiger partial charge in [0, 0.05) is 43.3 Å². The van der Waals surface area contributed by atoms with E-state index >= 15 is 0 Å². The largest absolute Gasteiger partial charge is 0.379 e. The van der Waals surface area contributed by atoms with Gasteiger partial charge in [0.25, 0.3) is 0 Å². The molecule has 3 aliphatic heterocycles. The molecule has 0 radical (unpaired) electrons. The van der Waals surface area contributed by atoms with Crippen LogP contribution >= 0.6 is 11.8 Å². The summed E-state index contributed by atoms with van der Waals surface area (Å²) in [6.07, 6.45) is 2.18. The number of ether oxygens (including phenoxy) is 2. The quantitative estimate of drug-likeness (QED) is 0.658. The van der Waals surface area contributed by atoms with Gasteiger partial charge in [0.1, 0.15) is 6.54 Å². The fourth-order valence-electron chi connectivity index (χ4n) is 3.85. The average Bonchev–Trinajstić information content (AvgIpc) is 3.25. The molecule has 0 bridgehead atoms. The minimum absolute atomic E-state index is 0.0110. The number of benzene rings is 1. The molecule has 1 aromatic carbocycles. The number of morpholine rings is 1. The van der Waals surface area contributed by atoms with Crippen molar-refractivity contribution in [3.05, 3.63) is 18.2 Å². The molecule has 1 aromatic rings. The molecule has 4 rings (SSSR count). The van der Waals surface area contributed by atoms with E-state index < -0.39 is 10.0 Å². The molecular weight excluding hydrogens is 442 g/mol. The predicted molar refractivity (Wildman–Crippen MR) is 116 cm³/mol. The minimum Gasteiger partial charge on any atom is -0.379 e. The zero-order valence-electron chi connectivity index (χ0n) is 17.2. The monoisotopic (exact) mass is 469 g/mol. The van der Waals surface area contributed by atoms with Crippen molar-refractivity contribution in [2.75, 3.05) is 56.7 Å². The number of amides is 2. The SMILES string of the molecule is O=C(CN1C(=O)CCSc2ccc(S(=O)(=O)N3CCOCC3)cc21)NC[C@@H]1CCCO1. The molecule has 0 aliphatic carbocycles. The summed E-state index contributed by atoms with van der Waals surface area (Å²) < 4.78 is 38.3. The van der Waals surface area contributed by atoms with Gasteiger partial charge in [0.05, 0.1) is 29.9 Å². The van der Waals surface area contributed by atoms with Crippen LogP contribution in [0.1, 0.15) is 19.3 Å². The summed E-state index contributed by atoms with van der Waals surface area (Å²) in [4.78, 5) is 27.6. The van der Waals surface area contributed by atoms with Crippen LogP contribution in [0.4, 0.5) is 5.69 Å². The maximum absolute atomic E-state index is 13.1. The molecule has 0 unspecified atom stereocenters. The Labute approximate surface area is 186 Å². The fraction of sp³-hybridized carbons (Fsp3) is 0.600. The van der Waals surface area contributed by atoms with Crippen molar-refractivity contribution in [1.82, 2.24) is 9.62 Å². The average molecular weight is 470 g/mol. The molecule has 3 aliphatic rings. The number of nitrogens with zero attached hydrogens (tertiary/aromatic N) is 2. The summed E-state index contributed by atoms with van der Waals surface area (Å²) in [6, 6.07) is 4.81. The van der Waals surface area contributed by atoms with Crippen molar-refractivity contribution in [2.45, 2.75) is 35.2 Å². The Morgan fingerprint density at radius 2 is 2.03 bits per heavy atom. The molecule has 0 spiro atoms. The van der Waals surface area contributed by atoms with Gasteiger partial charge in [-0.1, -0.05) is 0 Å². The normalized spacial score (nSPS) is 22.8. The van der Waals surface area contributed by atoms with Crippen molar-refractivity contribution < 1.29 is 27.5 Å². The van der Waals surface area contributed by atoms with Crippen LogP contribution < -0.4 is 10.2 Å². The number of anilines is 1. The van der Waals surface area contributed by atoms with Crippen LogP contribution in [-0.4, -0.2) is 82.4 Å². The van der Waals surface area contributed by atoms with Crippen LogP contribution in [0.3, 0.4) is 0 Å². The summed E-state index contributed by atoms with van der Waals surface area (Å²) in [5.41, 5.74) is 0.467. The lowest BCUT2D eigenvalue weighted by atomic mass is 10.2. The predicted octanol–water partition coefficient (Wildman–Crippen LogP) is 0.832. The Hall–Kier alpha value is -1.66. The van der Waals surface area contributed by atoms with E-state index in [9.17, 15) is 18.0 Å². The maximum Gasteiger partial charge on any atom is 0.243 e. The highest BCUT2D eigenvalue weighted by Gasteiger charge is 2.30. The van der Waals surface area contributed by atoms with Gasteiger partial charge in [0.2, 0.25) is 21.8 Å². The van der Waals surface area contributed by atoms with E-state index in [1.165, 1.54) is 27.0 Å². The van der Waals surface area contributed by atoms with E-state index in [2.05, 4.69) is 5.32 Å². The highest BCUT2D eigenvalue weighted by atomic mass is 32.2. The molecule has 1 atom stereocenters. The second-order valence-electron chi connectivity index (χ2n) is 7.66. The number of carbonyl (C=O) groups excluding carboxylic acids is 2. The number of hydrogen-bond acceptors (Lipinski definition) is 7. The molecule has 2 amide bonds. The van der Waals surface area contributed by atoms with Crippen molar-refractivity contribution in [1.29, 1.82) is 0 Å². The lowest BCUT2D eigenvalue weighted by Gasteiger charge is -2.27. The van der Waals surface area contributed by atoms with Crippen LogP contribution in [0, 0.1) is 0 Å². The minimum atomic E-state index is -3.71. The molecule has 9 nitrogen and oxygen atoms in total. The topological polar surface area (TPSA) is 105 Å². The third-order valence-corrected chi connectivity index (χ3v) is 8.52. The summed E-state index contributed by atoms with van der Waals surface area (Å²) in [5.74, 6) is 0.0951. The van der Waals surface area contributed by atoms with Crippen LogP contribution in [0.5, 0.6) is 0 Å². The van der Waals surface area contributed by atoms with Gasteiger partial charge in [-0.3, -0.25) is 9.59 Å². The van der Waals surface area contributed by atoms with E-state index in [0.717, 1.165) is 17.7 Å². The molecule has 1 N–H and O–H groups in total. The van der Waals surface area contributed by atoms with Crippen LogP contribution in [0.25, 0.3) is 0 Å². The standard InChI is InChI=1S/C20H27N3O6S2/c24-19(21-13-15-2-1-8-29-15)14-23-17-12-16(3-4-18(17)30-11-5-20(23)25)31(26,27)22-6-9-28-10-7-22/h3-4,12,15H,1-2,5-11,13-14H2,(H,21,24)/t15-/m0/s1. The van der Waals surface area contributed by atoms with E-state index in [1.807, 2.05) is 0 Å². The Bertz CT molecular complexity index is 927. The first-order valence-corrected chi connectivity index (χ1v) is 12.9. The van der Waals surface area contributed by atoms with Gasteiger partial charge >= 0.3 is 0 Å². The van der Waals surface area contributed by atoms with Crippen molar-refractivity contribution >= 4 is 39.3 Å². The van der Waals surface area contributed by atoms with E-state index in [-0.39, 0.29) is 35.8 Å². The zero-order valence-corrected chi connectivity index (χ0v) is 18.9. The van der Waals surface area contributed by atoms with Gasteiger partial charge in [0.15, 0.2) is 0 Å². The first kappa shape index (κ1) is 22.5. The molecule has 170 valence electrons. The Morgan fingerprint density at radius 3 is 2.77 bits per heavy atom. The molecule has 0 aromatic heterocycles. The second-order valence-corrected chi connectivity index (χ2v) is 10.7. The van der Waals surface area contributed by atoms with Crippen LogP contribution in [0.2, 0.25) is 0 Å².